The van der Waals surface area contributed by atoms with Crippen molar-refractivity contribution in [3.05, 3.63) is 0 Å². The summed E-state index contributed by atoms with van der Waals surface area (Å²) in [6, 6.07) is 0.880. The molecule has 0 spiro atoms. The van der Waals surface area contributed by atoms with Crippen molar-refractivity contribution in [3.8, 4) is 0 Å². The van der Waals surface area contributed by atoms with Crippen LogP contribution >= 0.6 is 0 Å². The molecule has 0 heterocycles. The van der Waals surface area contributed by atoms with E-state index in [1.807, 2.05) is 25.7 Å². The monoisotopic (exact) mass is 284 g/mol. The highest BCUT2D eigenvalue weighted by molar-refractivity contribution is 5.69. The lowest BCUT2D eigenvalue weighted by Crippen LogP contribution is -2.44. The first-order valence-corrected chi connectivity index (χ1v) is 7.97. The number of carbonyl (C=O) groups is 1. The van der Waals surface area contributed by atoms with Gasteiger partial charge in [-0.1, -0.05) is 20.3 Å². The van der Waals surface area contributed by atoms with Crippen molar-refractivity contribution in [2.45, 2.75) is 78.5 Å². The third kappa shape index (κ3) is 6.12. The fourth-order valence-corrected chi connectivity index (χ4v) is 2.10. The molecule has 0 aliphatic heterocycles. The van der Waals surface area contributed by atoms with Gasteiger partial charge >= 0.3 is 6.09 Å². The molecule has 0 radical (unpaired) electrons. The van der Waals surface area contributed by atoms with E-state index in [0.29, 0.717) is 18.0 Å². The molecule has 1 rings (SSSR count). The fraction of sp³-hybridized carbons (Fsp3) is 0.938. The lowest BCUT2D eigenvalue weighted by atomic mass is 10.0. The lowest BCUT2D eigenvalue weighted by molar-refractivity contribution is 0.0234. The van der Waals surface area contributed by atoms with E-state index in [1.54, 1.807) is 0 Å². The van der Waals surface area contributed by atoms with E-state index in [2.05, 4.69) is 26.1 Å². The normalized spacial score (nSPS) is 18.5. The fourth-order valence-electron chi connectivity index (χ4n) is 2.10. The Morgan fingerprint density at radius 2 is 1.95 bits per heavy atom. The molecule has 2 unspecified atom stereocenters. The number of hydrogen-bond donors (Lipinski definition) is 1. The zero-order valence-electron chi connectivity index (χ0n) is 14.0. The van der Waals surface area contributed by atoms with Crippen LogP contribution in [0.1, 0.15) is 60.8 Å². The third-order valence-corrected chi connectivity index (χ3v) is 3.93. The quantitative estimate of drug-likeness (QED) is 0.779. The van der Waals surface area contributed by atoms with Crippen molar-refractivity contribution >= 4 is 6.09 Å². The number of rotatable bonds is 7. The third-order valence-electron chi connectivity index (χ3n) is 3.93. The van der Waals surface area contributed by atoms with Crippen LogP contribution in [0.2, 0.25) is 0 Å². The van der Waals surface area contributed by atoms with Gasteiger partial charge < -0.3 is 15.0 Å². The molecule has 0 bridgehead atoms. The zero-order valence-corrected chi connectivity index (χ0v) is 14.0. The molecule has 1 aliphatic rings. The first-order valence-electron chi connectivity index (χ1n) is 7.97. The Morgan fingerprint density at radius 3 is 2.40 bits per heavy atom. The van der Waals surface area contributed by atoms with E-state index in [9.17, 15) is 4.79 Å². The van der Waals surface area contributed by atoms with Crippen LogP contribution in [0.4, 0.5) is 4.79 Å². The Morgan fingerprint density at radius 1 is 1.35 bits per heavy atom. The molecular weight excluding hydrogens is 252 g/mol. The second kappa shape index (κ2) is 7.30. The van der Waals surface area contributed by atoms with Gasteiger partial charge in [-0.2, -0.15) is 0 Å². The molecule has 1 aliphatic carbocycles. The molecule has 2 atom stereocenters. The van der Waals surface area contributed by atoms with Gasteiger partial charge in [0.2, 0.25) is 0 Å². The van der Waals surface area contributed by atoms with Gasteiger partial charge in [0, 0.05) is 25.2 Å². The molecule has 1 N–H and O–H groups in total. The van der Waals surface area contributed by atoms with Gasteiger partial charge in [0.15, 0.2) is 0 Å². The topological polar surface area (TPSA) is 41.6 Å². The van der Waals surface area contributed by atoms with Crippen LogP contribution in [0.25, 0.3) is 0 Å². The van der Waals surface area contributed by atoms with Gasteiger partial charge in [-0.25, -0.2) is 4.79 Å². The Hall–Kier alpha value is -0.770. The van der Waals surface area contributed by atoms with E-state index < -0.39 is 5.60 Å². The van der Waals surface area contributed by atoms with Crippen molar-refractivity contribution in [1.29, 1.82) is 0 Å². The average molecular weight is 284 g/mol. The number of hydrogen-bond acceptors (Lipinski definition) is 3. The molecule has 118 valence electrons. The molecule has 1 amide bonds. The summed E-state index contributed by atoms with van der Waals surface area (Å²) < 4.78 is 5.49. The van der Waals surface area contributed by atoms with Gasteiger partial charge in [-0.15, -0.1) is 0 Å². The maximum absolute atomic E-state index is 12.2. The summed E-state index contributed by atoms with van der Waals surface area (Å²) in [5.74, 6) is 0.658. The van der Waals surface area contributed by atoms with Crippen LogP contribution in [-0.4, -0.2) is 41.8 Å². The molecule has 4 heteroatoms. The highest BCUT2D eigenvalue weighted by Gasteiger charge is 2.34. The molecule has 0 aromatic rings. The maximum Gasteiger partial charge on any atom is 0.410 e. The number of ether oxygens (including phenoxy) is 1. The van der Waals surface area contributed by atoms with E-state index in [0.717, 1.165) is 25.9 Å². The summed E-state index contributed by atoms with van der Waals surface area (Å²) in [6.45, 7) is 14.0. The largest absolute Gasteiger partial charge is 0.444 e. The van der Waals surface area contributed by atoms with Gasteiger partial charge in [-0.3, -0.25) is 0 Å². The molecule has 0 aromatic heterocycles. The Balaban J connectivity index is 2.38. The molecule has 1 fully saturated rings. The van der Waals surface area contributed by atoms with Crippen molar-refractivity contribution in [3.63, 3.8) is 0 Å². The second-order valence-corrected chi connectivity index (χ2v) is 7.03. The van der Waals surface area contributed by atoms with Crippen molar-refractivity contribution in [2.24, 2.45) is 5.92 Å². The number of carbonyl (C=O) groups excluding carboxylic acids is 1. The minimum absolute atomic E-state index is 0.169. The van der Waals surface area contributed by atoms with E-state index >= 15 is 0 Å². The van der Waals surface area contributed by atoms with Crippen LogP contribution < -0.4 is 5.32 Å². The van der Waals surface area contributed by atoms with E-state index in [-0.39, 0.29) is 6.09 Å². The summed E-state index contributed by atoms with van der Waals surface area (Å²) in [5, 5.41) is 3.51. The van der Waals surface area contributed by atoms with Crippen LogP contribution in [0.15, 0.2) is 0 Å². The first kappa shape index (κ1) is 17.3. The number of amides is 1. The van der Waals surface area contributed by atoms with Crippen LogP contribution in [0.3, 0.4) is 0 Å². The first-order chi connectivity index (χ1) is 9.24. The van der Waals surface area contributed by atoms with Crippen molar-refractivity contribution < 1.29 is 9.53 Å². The Labute approximate surface area is 124 Å². The lowest BCUT2D eigenvalue weighted by Gasteiger charge is -2.28. The summed E-state index contributed by atoms with van der Waals surface area (Å²) in [5.41, 5.74) is -0.415. The smallest absolute Gasteiger partial charge is 0.410 e. The summed E-state index contributed by atoms with van der Waals surface area (Å²) >= 11 is 0. The Kier molecular flexibility index (Phi) is 6.31. The zero-order chi connectivity index (χ0) is 15.3. The summed E-state index contributed by atoms with van der Waals surface area (Å²) in [7, 11) is 0. The second-order valence-electron chi connectivity index (χ2n) is 7.03. The molecule has 4 nitrogen and oxygen atoms in total. The highest BCUT2D eigenvalue weighted by Crippen LogP contribution is 2.28. The number of nitrogens with one attached hydrogen (secondary N) is 1. The van der Waals surface area contributed by atoms with Crippen molar-refractivity contribution in [2.75, 3.05) is 13.1 Å². The van der Waals surface area contributed by atoms with Crippen LogP contribution in [0.5, 0.6) is 0 Å². The van der Waals surface area contributed by atoms with E-state index in [4.69, 9.17) is 4.74 Å². The maximum atomic E-state index is 12.2. The standard InChI is InChI=1S/C16H32N2O2/c1-7-12(2)13(3)17-10-11-18(14-8-9-14)15(19)20-16(4,5)6/h12-14,17H,7-11H2,1-6H3. The van der Waals surface area contributed by atoms with Gasteiger partial charge in [-0.05, 0) is 46.5 Å². The van der Waals surface area contributed by atoms with Crippen LogP contribution in [0, 0.1) is 5.92 Å². The molecule has 0 saturated heterocycles. The van der Waals surface area contributed by atoms with Crippen LogP contribution in [-0.2, 0) is 4.74 Å². The number of nitrogens with zero attached hydrogens (tertiary/aromatic N) is 1. The molecule has 0 aromatic carbocycles. The molecular formula is C16H32N2O2. The van der Waals surface area contributed by atoms with Gasteiger partial charge in [0.25, 0.3) is 0 Å². The Bertz CT molecular complexity index is 308. The van der Waals surface area contributed by atoms with Gasteiger partial charge in [0.1, 0.15) is 5.60 Å². The minimum Gasteiger partial charge on any atom is -0.444 e. The highest BCUT2D eigenvalue weighted by atomic mass is 16.6. The summed E-state index contributed by atoms with van der Waals surface area (Å²) in [6.07, 6.45) is 3.23. The molecule has 20 heavy (non-hydrogen) atoms. The summed E-state index contributed by atoms with van der Waals surface area (Å²) in [4.78, 5) is 14.1. The molecule has 1 saturated carbocycles. The SMILES string of the molecule is CCC(C)C(C)NCCN(C(=O)OC(C)(C)C)C1CC1. The predicted molar refractivity (Wildman–Crippen MR) is 82.9 cm³/mol. The van der Waals surface area contributed by atoms with Crippen molar-refractivity contribution in [1.82, 2.24) is 10.2 Å². The van der Waals surface area contributed by atoms with Gasteiger partial charge in [0.05, 0.1) is 0 Å². The predicted octanol–water partition coefficient (Wildman–Crippen LogP) is 3.41. The van der Waals surface area contributed by atoms with E-state index in [1.165, 1.54) is 6.42 Å². The minimum atomic E-state index is -0.415. The average Bonchev–Trinajstić information content (AvgIpc) is 3.15.